The van der Waals surface area contributed by atoms with E-state index in [9.17, 15) is 4.39 Å². The van der Waals surface area contributed by atoms with Gasteiger partial charge in [-0.2, -0.15) is 9.65 Å². The standard InChI is InChI=1S/C13H9FN2/c14-13-7-6-11(12(16-13)8-9-15)10-4-2-1-3-5-10/h1-7H,8H2. The summed E-state index contributed by atoms with van der Waals surface area (Å²) in [5, 5.41) is 8.67. The van der Waals surface area contributed by atoms with Crippen molar-refractivity contribution in [3.8, 4) is 17.2 Å². The smallest absolute Gasteiger partial charge is 0.213 e. The van der Waals surface area contributed by atoms with Crippen LogP contribution in [0.1, 0.15) is 5.69 Å². The van der Waals surface area contributed by atoms with E-state index in [0.717, 1.165) is 11.1 Å². The van der Waals surface area contributed by atoms with Crippen molar-refractivity contribution in [2.24, 2.45) is 0 Å². The molecule has 0 aliphatic rings. The lowest BCUT2D eigenvalue weighted by molar-refractivity contribution is 0.579. The van der Waals surface area contributed by atoms with Gasteiger partial charge < -0.3 is 0 Å². The monoisotopic (exact) mass is 212 g/mol. The second kappa shape index (κ2) is 4.54. The van der Waals surface area contributed by atoms with Gasteiger partial charge in [0.15, 0.2) is 0 Å². The van der Waals surface area contributed by atoms with Crippen LogP contribution in [0.15, 0.2) is 42.5 Å². The van der Waals surface area contributed by atoms with Crippen molar-refractivity contribution in [2.45, 2.75) is 6.42 Å². The minimum atomic E-state index is -0.551. The molecule has 2 rings (SSSR count). The zero-order chi connectivity index (χ0) is 11.4. The summed E-state index contributed by atoms with van der Waals surface area (Å²) in [6, 6.07) is 14.5. The van der Waals surface area contributed by atoms with Gasteiger partial charge in [0.25, 0.3) is 0 Å². The lowest BCUT2D eigenvalue weighted by Gasteiger charge is -2.05. The van der Waals surface area contributed by atoms with E-state index in [0.29, 0.717) is 5.69 Å². The molecule has 1 aromatic heterocycles. The third kappa shape index (κ3) is 2.06. The Balaban J connectivity index is 2.53. The van der Waals surface area contributed by atoms with E-state index in [-0.39, 0.29) is 6.42 Å². The number of rotatable bonds is 2. The predicted molar refractivity (Wildman–Crippen MR) is 58.9 cm³/mol. The molecular weight excluding hydrogens is 203 g/mol. The van der Waals surface area contributed by atoms with Crippen LogP contribution >= 0.6 is 0 Å². The summed E-state index contributed by atoms with van der Waals surface area (Å²) in [5.74, 6) is -0.551. The Labute approximate surface area is 93.0 Å². The van der Waals surface area contributed by atoms with Crippen LogP contribution in [0.5, 0.6) is 0 Å². The molecule has 0 atom stereocenters. The fourth-order valence-electron chi connectivity index (χ4n) is 1.56. The quantitative estimate of drug-likeness (QED) is 0.717. The Bertz CT molecular complexity index is 529. The minimum Gasteiger partial charge on any atom is -0.223 e. The maximum absolute atomic E-state index is 13.0. The van der Waals surface area contributed by atoms with Crippen molar-refractivity contribution in [3.63, 3.8) is 0 Å². The van der Waals surface area contributed by atoms with Crippen LogP contribution in [0.4, 0.5) is 4.39 Å². The van der Waals surface area contributed by atoms with E-state index in [1.165, 1.54) is 6.07 Å². The summed E-state index contributed by atoms with van der Waals surface area (Å²) in [6.07, 6.45) is 0.113. The van der Waals surface area contributed by atoms with Crippen molar-refractivity contribution in [2.75, 3.05) is 0 Å². The summed E-state index contributed by atoms with van der Waals surface area (Å²) in [5.41, 5.74) is 2.23. The molecule has 0 spiro atoms. The molecule has 0 saturated carbocycles. The number of pyridine rings is 1. The number of hydrogen-bond acceptors (Lipinski definition) is 2. The van der Waals surface area contributed by atoms with Gasteiger partial charge in [-0.05, 0) is 17.7 Å². The molecule has 78 valence electrons. The van der Waals surface area contributed by atoms with Crippen molar-refractivity contribution in [1.29, 1.82) is 5.26 Å². The molecule has 16 heavy (non-hydrogen) atoms. The van der Waals surface area contributed by atoms with Gasteiger partial charge in [-0.15, -0.1) is 0 Å². The lowest BCUT2D eigenvalue weighted by Crippen LogP contribution is -1.95. The molecule has 2 nitrogen and oxygen atoms in total. The molecule has 0 fully saturated rings. The fraction of sp³-hybridized carbons (Fsp3) is 0.0769. The number of benzene rings is 1. The van der Waals surface area contributed by atoms with Gasteiger partial charge in [0.05, 0.1) is 18.2 Å². The highest BCUT2D eigenvalue weighted by Crippen LogP contribution is 2.22. The Morgan fingerprint density at radius 1 is 1.12 bits per heavy atom. The van der Waals surface area contributed by atoms with Gasteiger partial charge in [-0.25, -0.2) is 4.98 Å². The van der Waals surface area contributed by atoms with E-state index in [4.69, 9.17) is 5.26 Å². The van der Waals surface area contributed by atoms with Crippen LogP contribution in [0.25, 0.3) is 11.1 Å². The van der Waals surface area contributed by atoms with Gasteiger partial charge in [0, 0.05) is 5.56 Å². The zero-order valence-electron chi connectivity index (χ0n) is 8.52. The van der Waals surface area contributed by atoms with Gasteiger partial charge in [0.2, 0.25) is 5.95 Å². The first-order valence-corrected chi connectivity index (χ1v) is 4.89. The van der Waals surface area contributed by atoms with Crippen LogP contribution in [-0.2, 0) is 6.42 Å². The van der Waals surface area contributed by atoms with Gasteiger partial charge in [-0.3, -0.25) is 0 Å². The molecule has 3 heteroatoms. The largest absolute Gasteiger partial charge is 0.223 e. The zero-order valence-corrected chi connectivity index (χ0v) is 8.52. The topological polar surface area (TPSA) is 36.7 Å². The minimum absolute atomic E-state index is 0.113. The maximum atomic E-state index is 13.0. The summed E-state index contributed by atoms with van der Waals surface area (Å²) >= 11 is 0. The Morgan fingerprint density at radius 3 is 2.56 bits per heavy atom. The van der Waals surface area contributed by atoms with Crippen LogP contribution in [-0.4, -0.2) is 4.98 Å². The fourth-order valence-corrected chi connectivity index (χ4v) is 1.56. The Hall–Kier alpha value is -2.21. The molecule has 2 aromatic rings. The molecule has 0 N–H and O–H groups in total. The van der Waals surface area contributed by atoms with E-state index in [1.54, 1.807) is 6.07 Å². The van der Waals surface area contributed by atoms with Crippen LogP contribution in [0.3, 0.4) is 0 Å². The SMILES string of the molecule is N#CCc1nc(F)ccc1-c1ccccc1. The van der Waals surface area contributed by atoms with Crippen molar-refractivity contribution in [3.05, 3.63) is 54.1 Å². The average molecular weight is 212 g/mol. The third-order valence-corrected chi connectivity index (χ3v) is 2.27. The van der Waals surface area contributed by atoms with E-state index in [2.05, 4.69) is 4.98 Å². The molecule has 0 saturated heterocycles. The third-order valence-electron chi connectivity index (χ3n) is 2.27. The predicted octanol–water partition coefficient (Wildman–Crippen LogP) is 2.95. The second-order valence-electron chi connectivity index (χ2n) is 3.33. The highest BCUT2D eigenvalue weighted by molar-refractivity contribution is 5.65. The molecule has 0 aliphatic heterocycles. The number of nitrogens with zero attached hydrogens (tertiary/aromatic N) is 2. The first-order chi connectivity index (χ1) is 7.81. The number of nitriles is 1. The molecule has 0 radical (unpaired) electrons. The summed E-state index contributed by atoms with van der Waals surface area (Å²) in [7, 11) is 0. The molecule has 0 unspecified atom stereocenters. The Morgan fingerprint density at radius 2 is 1.88 bits per heavy atom. The van der Waals surface area contributed by atoms with Crippen molar-refractivity contribution >= 4 is 0 Å². The first-order valence-electron chi connectivity index (χ1n) is 4.89. The van der Waals surface area contributed by atoms with Gasteiger partial charge >= 0.3 is 0 Å². The molecule has 0 aliphatic carbocycles. The van der Waals surface area contributed by atoms with E-state index in [1.807, 2.05) is 36.4 Å². The normalized spacial score (nSPS) is 9.75. The summed E-state index contributed by atoms with van der Waals surface area (Å²) in [4.78, 5) is 3.75. The van der Waals surface area contributed by atoms with Gasteiger partial charge in [-0.1, -0.05) is 30.3 Å². The Kier molecular flexibility index (Phi) is 2.93. The molecular formula is C13H9FN2. The molecule has 0 bridgehead atoms. The van der Waals surface area contributed by atoms with Crippen molar-refractivity contribution < 1.29 is 4.39 Å². The molecule has 0 amide bonds. The summed E-state index contributed by atoms with van der Waals surface area (Å²) < 4.78 is 13.0. The maximum Gasteiger partial charge on any atom is 0.213 e. The van der Waals surface area contributed by atoms with Crippen molar-refractivity contribution in [1.82, 2.24) is 4.98 Å². The van der Waals surface area contributed by atoms with Crippen LogP contribution in [0, 0.1) is 17.3 Å². The average Bonchev–Trinajstić information content (AvgIpc) is 2.31. The highest BCUT2D eigenvalue weighted by Gasteiger charge is 2.07. The molecule has 1 aromatic carbocycles. The second-order valence-corrected chi connectivity index (χ2v) is 3.33. The van der Waals surface area contributed by atoms with Crippen LogP contribution < -0.4 is 0 Å². The number of aromatic nitrogens is 1. The highest BCUT2D eigenvalue weighted by atomic mass is 19.1. The first kappa shape index (κ1) is 10.3. The van der Waals surface area contributed by atoms with Crippen LogP contribution in [0.2, 0.25) is 0 Å². The van der Waals surface area contributed by atoms with E-state index < -0.39 is 5.95 Å². The van der Waals surface area contributed by atoms with E-state index >= 15 is 0 Å². The number of hydrogen-bond donors (Lipinski definition) is 0. The summed E-state index contributed by atoms with van der Waals surface area (Å²) in [6.45, 7) is 0. The van der Waals surface area contributed by atoms with Gasteiger partial charge in [0.1, 0.15) is 0 Å². The lowest BCUT2D eigenvalue weighted by atomic mass is 10.0. The molecule has 1 heterocycles. The number of halogens is 1.